The van der Waals surface area contributed by atoms with Gasteiger partial charge in [0.1, 0.15) is 0 Å². The minimum Gasteiger partial charge on any atom is -0.388 e. The molecule has 1 aliphatic heterocycles. The van der Waals surface area contributed by atoms with Gasteiger partial charge in [-0.25, -0.2) is 0 Å². The van der Waals surface area contributed by atoms with Gasteiger partial charge in [0.05, 0.1) is 11.4 Å². The van der Waals surface area contributed by atoms with Gasteiger partial charge in [0, 0.05) is 29.9 Å². The SMILES string of the molecule is CNc1ccc2c(c1)N(CCS)C(=O)CS2. The molecule has 1 aromatic rings. The molecule has 1 N–H and O–H groups in total. The molecule has 5 heteroatoms. The molecule has 86 valence electrons. The number of nitrogens with one attached hydrogen (secondary N) is 1. The average molecular weight is 254 g/mol. The molecule has 0 aromatic heterocycles. The molecule has 3 nitrogen and oxygen atoms in total. The Labute approximate surface area is 105 Å². The Bertz CT molecular complexity index is 409. The smallest absolute Gasteiger partial charge is 0.237 e. The number of rotatable bonds is 3. The van der Waals surface area contributed by atoms with E-state index in [1.165, 1.54) is 4.90 Å². The molecule has 1 heterocycles. The highest BCUT2D eigenvalue weighted by molar-refractivity contribution is 8.00. The second-order valence-electron chi connectivity index (χ2n) is 3.49. The summed E-state index contributed by atoms with van der Waals surface area (Å²) in [6.07, 6.45) is 0. The molecular weight excluding hydrogens is 240 g/mol. The number of benzene rings is 1. The van der Waals surface area contributed by atoms with Gasteiger partial charge in [0.15, 0.2) is 0 Å². The molecule has 0 saturated heterocycles. The first-order valence-electron chi connectivity index (χ1n) is 5.12. The molecule has 0 spiro atoms. The van der Waals surface area contributed by atoms with Gasteiger partial charge in [-0.1, -0.05) is 0 Å². The van der Waals surface area contributed by atoms with Crippen LogP contribution in [0.25, 0.3) is 0 Å². The first-order valence-corrected chi connectivity index (χ1v) is 6.74. The quantitative estimate of drug-likeness (QED) is 0.810. The molecule has 0 atom stereocenters. The summed E-state index contributed by atoms with van der Waals surface area (Å²) in [5.74, 6) is 1.37. The van der Waals surface area contributed by atoms with Gasteiger partial charge in [-0.05, 0) is 18.2 Å². The largest absolute Gasteiger partial charge is 0.388 e. The zero-order valence-corrected chi connectivity index (χ0v) is 10.8. The molecule has 0 saturated carbocycles. The summed E-state index contributed by atoms with van der Waals surface area (Å²) in [5, 5.41) is 3.09. The zero-order valence-electron chi connectivity index (χ0n) is 9.06. The van der Waals surface area contributed by atoms with Crippen molar-refractivity contribution in [3.63, 3.8) is 0 Å². The van der Waals surface area contributed by atoms with Crippen LogP contribution in [-0.2, 0) is 4.79 Å². The van der Waals surface area contributed by atoms with Crippen LogP contribution in [0.4, 0.5) is 11.4 Å². The fourth-order valence-corrected chi connectivity index (χ4v) is 2.82. The number of hydrogen-bond acceptors (Lipinski definition) is 4. The van der Waals surface area contributed by atoms with Crippen LogP contribution < -0.4 is 10.2 Å². The lowest BCUT2D eigenvalue weighted by atomic mass is 10.2. The molecule has 16 heavy (non-hydrogen) atoms. The third kappa shape index (κ3) is 2.15. The third-order valence-electron chi connectivity index (χ3n) is 2.51. The van der Waals surface area contributed by atoms with E-state index in [2.05, 4.69) is 24.0 Å². The lowest BCUT2D eigenvalue weighted by Gasteiger charge is -2.28. The molecule has 0 radical (unpaired) electrons. The highest BCUT2D eigenvalue weighted by atomic mass is 32.2. The molecule has 0 fully saturated rings. The Morgan fingerprint density at radius 2 is 2.38 bits per heavy atom. The van der Waals surface area contributed by atoms with E-state index in [0.29, 0.717) is 18.1 Å². The van der Waals surface area contributed by atoms with Crippen LogP contribution in [-0.4, -0.2) is 31.0 Å². The van der Waals surface area contributed by atoms with Crippen molar-refractivity contribution in [2.24, 2.45) is 0 Å². The Morgan fingerprint density at radius 1 is 1.56 bits per heavy atom. The van der Waals surface area contributed by atoms with Crippen LogP contribution in [0.3, 0.4) is 0 Å². The second kappa shape index (κ2) is 5.01. The van der Waals surface area contributed by atoms with Gasteiger partial charge in [-0.15, -0.1) is 11.8 Å². The number of fused-ring (bicyclic) bond motifs is 1. The number of hydrogen-bond donors (Lipinski definition) is 2. The van der Waals surface area contributed by atoms with E-state index < -0.39 is 0 Å². The standard InChI is InChI=1S/C11H14N2OS2/c1-12-8-2-3-10-9(6-8)13(4-5-15)11(14)7-16-10/h2-3,6,12,15H,4-5,7H2,1H3. The van der Waals surface area contributed by atoms with Crippen LogP contribution in [0.5, 0.6) is 0 Å². The summed E-state index contributed by atoms with van der Waals surface area (Å²) >= 11 is 5.80. The Morgan fingerprint density at radius 3 is 3.06 bits per heavy atom. The number of carbonyl (C=O) groups is 1. The number of carbonyl (C=O) groups excluding carboxylic acids is 1. The van der Waals surface area contributed by atoms with Crippen molar-refractivity contribution in [3.05, 3.63) is 18.2 Å². The number of thioether (sulfide) groups is 1. The Kier molecular flexibility index (Phi) is 3.66. The lowest BCUT2D eigenvalue weighted by Crippen LogP contribution is -2.36. The van der Waals surface area contributed by atoms with Crippen LogP contribution in [0.1, 0.15) is 0 Å². The summed E-state index contributed by atoms with van der Waals surface area (Å²) in [7, 11) is 1.88. The first-order chi connectivity index (χ1) is 7.76. The minimum absolute atomic E-state index is 0.166. The fourth-order valence-electron chi connectivity index (χ4n) is 1.70. The van der Waals surface area contributed by atoms with Gasteiger partial charge < -0.3 is 10.2 Å². The number of nitrogens with zero attached hydrogens (tertiary/aromatic N) is 1. The minimum atomic E-state index is 0.166. The maximum Gasteiger partial charge on any atom is 0.237 e. The van der Waals surface area contributed by atoms with E-state index in [0.717, 1.165) is 11.4 Å². The molecule has 2 rings (SSSR count). The highest BCUT2D eigenvalue weighted by Crippen LogP contribution is 2.36. The van der Waals surface area contributed by atoms with Crippen molar-refractivity contribution in [2.75, 3.05) is 35.3 Å². The maximum atomic E-state index is 11.8. The van der Waals surface area contributed by atoms with Crippen molar-refractivity contribution >= 4 is 41.7 Å². The summed E-state index contributed by atoms with van der Waals surface area (Å²) in [5.41, 5.74) is 2.03. The third-order valence-corrected chi connectivity index (χ3v) is 3.76. The van der Waals surface area contributed by atoms with E-state index in [1.54, 1.807) is 11.8 Å². The average Bonchev–Trinajstić information content (AvgIpc) is 2.32. The van der Waals surface area contributed by atoms with E-state index in [-0.39, 0.29) is 5.91 Å². The number of thiol groups is 1. The van der Waals surface area contributed by atoms with Gasteiger partial charge in [-0.2, -0.15) is 12.6 Å². The van der Waals surface area contributed by atoms with Crippen molar-refractivity contribution < 1.29 is 4.79 Å². The topological polar surface area (TPSA) is 32.3 Å². The zero-order chi connectivity index (χ0) is 11.5. The molecule has 1 aromatic carbocycles. The highest BCUT2D eigenvalue weighted by Gasteiger charge is 2.24. The second-order valence-corrected chi connectivity index (χ2v) is 4.95. The van der Waals surface area contributed by atoms with Gasteiger partial charge in [0.2, 0.25) is 5.91 Å². The summed E-state index contributed by atoms with van der Waals surface area (Å²) < 4.78 is 0. The van der Waals surface area contributed by atoms with Crippen molar-refractivity contribution in [3.8, 4) is 0 Å². The maximum absolute atomic E-state index is 11.8. The lowest BCUT2D eigenvalue weighted by molar-refractivity contribution is -0.116. The summed E-state index contributed by atoms with van der Waals surface area (Å²) in [4.78, 5) is 14.8. The molecule has 0 aliphatic carbocycles. The monoisotopic (exact) mass is 254 g/mol. The molecule has 0 unspecified atom stereocenters. The molecule has 0 bridgehead atoms. The van der Waals surface area contributed by atoms with E-state index >= 15 is 0 Å². The van der Waals surface area contributed by atoms with Gasteiger partial charge >= 0.3 is 0 Å². The van der Waals surface area contributed by atoms with Gasteiger partial charge in [-0.3, -0.25) is 4.79 Å². The van der Waals surface area contributed by atoms with Gasteiger partial charge in [0.25, 0.3) is 0 Å². The van der Waals surface area contributed by atoms with E-state index in [4.69, 9.17) is 0 Å². The summed E-state index contributed by atoms with van der Waals surface area (Å²) in [6, 6.07) is 6.10. The normalized spacial score (nSPS) is 14.9. The number of amides is 1. The van der Waals surface area contributed by atoms with E-state index in [1.807, 2.05) is 24.1 Å². The predicted octanol–water partition coefficient (Wildman–Crippen LogP) is 2.10. The van der Waals surface area contributed by atoms with E-state index in [9.17, 15) is 4.79 Å². The Hall–Kier alpha value is -0.810. The van der Waals surface area contributed by atoms with Crippen molar-refractivity contribution in [1.82, 2.24) is 0 Å². The Balaban J connectivity index is 2.39. The molecule has 1 amide bonds. The molecular formula is C11H14N2OS2. The predicted molar refractivity (Wildman–Crippen MR) is 72.9 cm³/mol. The first kappa shape index (κ1) is 11.7. The van der Waals surface area contributed by atoms with Crippen molar-refractivity contribution in [1.29, 1.82) is 0 Å². The molecule has 1 aliphatic rings. The van der Waals surface area contributed by atoms with Crippen LogP contribution in [0, 0.1) is 0 Å². The fraction of sp³-hybridized carbons (Fsp3) is 0.364. The van der Waals surface area contributed by atoms with Crippen molar-refractivity contribution in [2.45, 2.75) is 4.90 Å². The van der Waals surface area contributed by atoms with Crippen LogP contribution in [0.15, 0.2) is 23.1 Å². The summed E-state index contributed by atoms with van der Waals surface area (Å²) in [6.45, 7) is 0.669. The van der Waals surface area contributed by atoms with Crippen LogP contribution in [0.2, 0.25) is 0 Å². The number of anilines is 2. The van der Waals surface area contributed by atoms with Crippen LogP contribution >= 0.6 is 24.4 Å².